The Bertz CT molecular complexity index is 676. The van der Waals surface area contributed by atoms with E-state index in [1.165, 1.54) is 0 Å². The van der Waals surface area contributed by atoms with Gasteiger partial charge in [0.1, 0.15) is 0 Å². The summed E-state index contributed by atoms with van der Waals surface area (Å²) in [6.45, 7) is -1.15. The standard InChI is InChI=1S/C16H16ClF15O2/c17-7-5-3-1-2-4-6-8-34-9(33)10(18,19)11(20,21)12(22,23)13(24,25)14(26,27)15(28,29)16(30,31)32/h1-8H2. The number of rotatable bonds is 14. The van der Waals surface area contributed by atoms with Crippen LogP contribution >= 0.6 is 11.6 Å². The normalized spacial score (nSPS) is 14.9. The fourth-order valence-electron chi connectivity index (χ4n) is 2.25. The van der Waals surface area contributed by atoms with E-state index in [1.807, 2.05) is 0 Å². The van der Waals surface area contributed by atoms with Crippen LogP contribution in [0.2, 0.25) is 0 Å². The van der Waals surface area contributed by atoms with Crippen LogP contribution in [0.5, 0.6) is 0 Å². The van der Waals surface area contributed by atoms with E-state index in [0.29, 0.717) is 31.6 Å². The van der Waals surface area contributed by atoms with Crippen molar-refractivity contribution in [1.29, 1.82) is 0 Å². The third kappa shape index (κ3) is 5.74. The van der Waals surface area contributed by atoms with Crippen LogP contribution in [0.15, 0.2) is 0 Å². The van der Waals surface area contributed by atoms with Gasteiger partial charge in [-0.2, -0.15) is 65.9 Å². The van der Waals surface area contributed by atoms with Gasteiger partial charge in [0.05, 0.1) is 6.61 Å². The molecule has 0 aromatic heterocycles. The van der Waals surface area contributed by atoms with E-state index in [4.69, 9.17) is 11.6 Å². The molecule has 18 heteroatoms. The first-order valence-corrected chi connectivity index (χ1v) is 9.58. The Hall–Kier alpha value is -1.29. The minimum absolute atomic E-state index is 0.116. The average molecular weight is 561 g/mol. The van der Waals surface area contributed by atoms with Crippen molar-refractivity contribution in [2.45, 2.75) is 80.2 Å². The highest BCUT2D eigenvalue weighted by molar-refractivity contribution is 6.17. The zero-order valence-electron chi connectivity index (χ0n) is 16.5. The molecule has 0 radical (unpaired) electrons. The van der Waals surface area contributed by atoms with Crippen molar-refractivity contribution in [3.8, 4) is 0 Å². The Morgan fingerprint density at radius 3 is 1.29 bits per heavy atom. The lowest BCUT2D eigenvalue weighted by atomic mass is 9.91. The molecule has 0 aliphatic carbocycles. The van der Waals surface area contributed by atoms with Gasteiger partial charge in [0.2, 0.25) is 0 Å². The van der Waals surface area contributed by atoms with Crippen molar-refractivity contribution in [1.82, 2.24) is 0 Å². The summed E-state index contributed by atoms with van der Waals surface area (Å²) < 4.78 is 199. The summed E-state index contributed by atoms with van der Waals surface area (Å²) in [6.07, 6.45) is -5.71. The maximum absolute atomic E-state index is 13.5. The molecular weight excluding hydrogens is 545 g/mol. The van der Waals surface area contributed by atoms with Gasteiger partial charge in [0.15, 0.2) is 0 Å². The van der Waals surface area contributed by atoms with E-state index in [9.17, 15) is 70.7 Å². The summed E-state index contributed by atoms with van der Waals surface area (Å²) in [4.78, 5) is 11.1. The van der Waals surface area contributed by atoms with Gasteiger partial charge in [0.25, 0.3) is 0 Å². The van der Waals surface area contributed by atoms with Crippen molar-refractivity contribution in [2.24, 2.45) is 0 Å². The SMILES string of the molecule is O=C(OCCCCCCCCCl)C(F)(F)C(F)(F)C(F)(F)C(F)(F)C(F)(F)C(F)(F)C(F)(F)F. The van der Waals surface area contributed by atoms with Crippen LogP contribution in [-0.4, -0.2) is 60.2 Å². The lowest BCUT2D eigenvalue weighted by Crippen LogP contribution is -2.73. The smallest absolute Gasteiger partial charge is 0.460 e. The number of carbonyl (C=O) groups is 1. The highest BCUT2D eigenvalue weighted by Crippen LogP contribution is 2.62. The summed E-state index contributed by atoms with van der Waals surface area (Å²) in [5.74, 6) is -51.4. The second-order valence-electron chi connectivity index (χ2n) is 6.89. The molecule has 0 N–H and O–H groups in total. The van der Waals surface area contributed by atoms with Gasteiger partial charge in [-0.1, -0.05) is 25.7 Å². The monoisotopic (exact) mass is 560 g/mol. The number of unbranched alkanes of at least 4 members (excludes halogenated alkanes) is 5. The molecule has 204 valence electrons. The molecule has 0 rings (SSSR count). The second kappa shape index (κ2) is 10.8. The topological polar surface area (TPSA) is 26.3 Å². The zero-order valence-corrected chi connectivity index (χ0v) is 17.3. The number of alkyl halides is 16. The molecule has 0 aliphatic heterocycles. The van der Waals surface area contributed by atoms with E-state index in [0.717, 1.165) is 0 Å². The molecule has 0 spiro atoms. The van der Waals surface area contributed by atoms with Crippen molar-refractivity contribution in [2.75, 3.05) is 12.5 Å². The Kier molecular flexibility index (Phi) is 10.4. The highest BCUT2D eigenvalue weighted by Gasteiger charge is 2.94. The lowest BCUT2D eigenvalue weighted by molar-refractivity contribution is -0.450. The maximum Gasteiger partial charge on any atom is 0.460 e. The molecule has 0 unspecified atom stereocenters. The van der Waals surface area contributed by atoms with E-state index >= 15 is 0 Å². The van der Waals surface area contributed by atoms with E-state index in [-0.39, 0.29) is 12.8 Å². The molecular formula is C16H16ClF15O2. The zero-order chi connectivity index (χ0) is 27.4. The summed E-state index contributed by atoms with van der Waals surface area (Å²) in [5.41, 5.74) is 0. The number of ether oxygens (including phenoxy) is 1. The van der Waals surface area contributed by atoms with Crippen molar-refractivity contribution in [3.05, 3.63) is 0 Å². The van der Waals surface area contributed by atoms with Crippen LogP contribution in [0.25, 0.3) is 0 Å². The van der Waals surface area contributed by atoms with Crippen molar-refractivity contribution < 1.29 is 75.4 Å². The average Bonchev–Trinajstić information content (AvgIpc) is 2.68. The van der Waals surface area contributed by atoms with Crippen LogP contribution in [0.4, 0.5) is 65.9 Å². The fourth-order valence-corrected chi connectivity index (χ4v) is 2.44. The Balaban J connectivity index is 5.65. The fraction of sp³-hybridized carbons (Fsp3) is 0.938. The van der Waals surface area contributed by atoms with Gasteiger partial charge in [-0.25, -0.2) is 4.79 Å². The highest BCUT2D eigenvalue weighted by atomic mass is 35.5. The Labute approximate surface area is 186 Å². The van der Waals surface area contributed by atoms with Crippen LogP contribution in [0.3, 0.4) is 0 Å². The first-order valence-electron chi connectivity index (χ1n) is 9.05. The number of halogens is 16. The van der Waals surface area contributed by atoms with Crippen LogP contribution in [0.1, 0.15) is 38.5 Å². The van der Waals surface area contributed by atoms with Crippen LogP contribution in [-0.2, 0) is 9.53 Å². The van der Waals surface area contributed by atoms with E-state index in [1.54, 1.807) is 0 Å². The maximum atomic E-state index is 13.5. The summed E-state index contributed by atoms with van der Waals surface area (Å²) in [7, 11) is 0. The van der Waals surface area contributed by atoms with Gasteiger partial charge in [0, 0.05) is 5.88 Å². The molecule has 0 aromatic rings. The van der Waals surface area contributed by atoms with Crippen LogP contribution < -0.4 is 0 Å². The van der Waals surface area contributed by atoms with Gasteiger partial charge >= 0.3 is 47.7 Å². The molecule has 0 aromatic carbocycles. The lowest BCUT2D eigenvalue weighted by Gasteiger charge is -2.40. The quantitative estimate of drug-likeness (QED) is 0.0953. The summed E-state index contributed by atoms with van der Waals surface area (Å²) in [5, 5.41) is 0. The molecule has 0 fully saturated rings. The molecule has 0 heterocycles. The number of esters is 1. The molecule has 0 saturated heterocycles. The Morgan fingerprint density at radius 1 is 0.529 bits per heavy atom. The number of carbonyl (C=O) groups excluding carboxylic acids is 1. The Morgan fingerprint density at radius 2 is 0.882 bits per heavy atom. The van der Waals surface area contributed by atoms with Crippen molar-refractivity contribution in [3.63, 3.8) is 0 Å². The van der Waals surface area contributed by atoms with Gasteiger partial charge < -0.3 is 4.74 Å². The molecule has 0 aliphatic rings. The minimum atomic E-state index is -8.44. The first kappa shape index (κ1) is 32.7. The number of hydrogen-bond acceptors (Lipinski definition) is 2. The minimum Gasteiger partial charge on any atom is -0.461 e. The molecule has 0 amide bonds. The van der Waals surface area contributed by atoms with Gasteiger partial charge in [-0.3, -0.25) is 0 Å². The van der Waals surface area contributed by atoms with Gasteiger partial charge in [-0.15, -0.1) is 11.6 Å². The third-order valence-corrected chi connectivity index (χ3v) is 4.61. The molecule has 0 bridgehead atoms. The van der Waals surface area contributed by atoms with E-state index < -0.39 is 54.3 Å². The largest absolute Gasteiger partial charge is 0.461 e. The molecule has 0 saturated carbocycles. The van der Waals surface area contributed by atoms with Crippen molar-refractivity contribution >= 4 is 17.6 Å². The number of hydrogen-bond donors (Lipinski definition) is 0. The second-order valence-corrected chi connectivity index (χ2v) is 7.27. The van der Waals surface area contributed by atoms with Gasteiger partial charge in [-0.05, 0) is 12.8 Å². The summed E-state index contributed by atoms with van der Waals surface area (Å²) >= 11 is 5.39. The van der Waals surface area contributed by atoms with Crippen LogP contribution in [0, 0.1) is 0 Å². The van der Waals surface area contributed by atoms with E-state index in [2.05, 4.69) is 4.74 Å². The molecule has 0 atom stereocenters. The first-order chi connectivity index (χ1) is 15.0. The summed E-state index contributed by atoms with van der Waals surface area (Å²) in [6, 6.07) is 0. The third-order valence-electron chi connectivity index (χ3n) is 4.35. The predicted molar refractivity (Wildman–Crippen MR) is 85.1 cm³/mol. The molecule has 34 heavy (non-hydrogen) atoms. The molecule has 2 nitrogen and oxygen atoms in total. The predicted octanol–water partition coefficient (Wildman–Crippen LogP) is 7.48.